The van der Waals surface area contributed by atoms with E-state index >= 15 is 0 Å². The Bertz CT molecular complexity index is 193. The first-order chi connectivity index (χ1) is 6.18. The molecule has 1 atom stereocenters. The van der Waals surface area contributed by atoms with Crippen molar-refractivity contribution in [2.75, 3.05) is 18.2 Å². The highest BCUT2D eigenvalue weighted by Gasteiger charge is 2.15. The molecule has 0 aromatic rings. The van der Waals surface area contributed by atoms with Crippen LogP contribution in [0.2, 0.25) is 0 Å². The Balaban J connectivity index is 3.91. The Morgan fingerprint density at radius 2 is 2.38 bits per heavy atom. The summed E-state index contributed by atoms with van der Waals surface area (Å²) in [6.07, 6.45) is 0.941. The minimum Gasteiger partial charge on any atom is -0.327 e. The summed E-state index contributed by atoms with van der Waals surface area (Å²) in [6.45, 7) is 2.54. The average Bonchev–Trinajstić information content (AvgIpc) is 2.05. The van der Waals surface area contributed by atoms with Crippen molar-refractivity contribution in [2.45, 2.75) is 13.3 Å². The lowest BCUT2D eigenvalue weighted by atomic mass is 10.6. The van der Waals surface area contributed by atoms with Gasteiger partial charge in [0, 0.05) is 11.6 Å². The minimum atomic E-state index is -1.97. The summed E-state index contributed by atoms with van der Waals surface area (Å²) in [7, 11) is 0. The van der Waals surface area contributed by atoms with Crippen LogP contribution in [0, 0.1) is 0 Å². The molecule has 0 rings (SSSR count). The van der Waals surface area contributed by atoms with Crippen molar-refractivity contribution in [1.29, 1.82) is 0 Å². The van der Waals surface area contributed by atoms with Gasteiger partial charge in [-0.1, -0.05) is 23.6 Å². The summed E-state index contributed by atoms with van der Waals surface area (Å²) in [5.41, 5.74) is -0.533. The molecule has 0 aliphatic carbocycles. The summed E-state index contributed by atoms with van der Waals surface area (Å²) in [5.74, 6) is 1.57. The molecule has 0 fully saturated rings. The standard InChI is InChI=1S/C6H13ClNOPS3/c1-2-9-10(12,8-6-11)13-5-3-4-7/h6H,2-5H2,1H3,(H,8,11,12). The molecule has 0 spiro atoms. The fourth-order valence-electron chi connectivity index (χ4n) is 0.586. The van der Waals surface area contributed by atoms with Crippen molar-refractivity contribution in [3.8, 4) is 0 Å². The maximum absolute atomic E-state index is 5.56. The second-order valence-electron chi connectivity index (χ2n) is 2.04. The van der Waals surface area contributed by atoms with E-state index in [0.717, 1.165) is 12.2 Å². The van der Waals surface area contributed by atoms with E-state index in [1.165, 1.54) is 5.49 Å². The third kappa shape index (κ3) is 7.11. The fraction of sp³-hybridized carbons (Fsp3) is 0.833. The first-order valence-electron chi connectivity index (χ1n) is 3.85. The van der Waals surface area contributed by atoms with Gasteiger partial charge in [-0.3, -0.25) is 0 Å². The number of alkyl halides is 1. The Morgan fingerprint density at radius 1 is 1.69 bits per heavy atom. The van der Waals surface area contributed by atoms with Crippen LogP contribution in [0.4, 0.5) is 0 Å². The van der Waals surface area contributed by atoms with Crippen LogP contribution in [-0.2, 0) is 16.3 Å². The highest BCUT2D eigenvalue weighted by molar-refractivity contribution is 8.68. The third-order valence-electron chi connectivity index (χ3n) is 1.05. The lowest BCUT2D eigenvalue weighted by Gasteiger charge is -2.19. The van der Waals surface area contributed by atoms with Gasteiger partial charge in [0.15, 0.2) is 0 Å². The molecule has 0 amide bonds. The van der Waals surface area contributed by atoms with Gasteiger partial charge in [-0.05, 0) is 25.2 Å². The number of halogens is 1. The zero-order valence-electron chi connectivity index (χ0n) is 7.36. The van der Waals surface area contributed by atoms with Gasteiger partial charge in [-0.25, -0.2) is 0 Å². The largest absolute Gasteiger partial charge is 0.327 e. The van der Waals surface area contributed by atoms with Crippen LogP contribution in [0.15, 0.2) is 0 Å². The monoisotopic (exact) mass is 277 g/mol. The molecule has 0 radical (unpaired) electrons. The van der Waals surface area contributed by atoms with Gasteiger partial charge in [-0.15, -0.1) is 11.6 Å². The SMILES string of the molecule is CCOP(=S)(NC=S)SCCCCl. The fourth-order valence-corrected chi connectivity index (χ4v) is 6.10. The van der Waals surface area contributed by atoms with Crippen LogP contribution < -0.4 is 5.09 Å². The molecule has 13 heavy (non-hydrogen) atoms. The van der Waals surface area contributed by atoms with Crippen molar-refractivity contribution >= 4 is 58.1 Å². The van der Waals surface area contributed by atoms with E-state index in [-0.39, 0.29) is 0 Å². The first kappa shape index (κ1) is 14.1. The maximum Gasteiger partial charge on any atom is 0.210 e. The highest BCUT2D eigenvalue weighted by atomic mass is 35.5. The maximum atomic E-state index is 5.56. The molecular weight excluding hydrogens is 265 g/mol. The van der Waals surface area contributed by atoms with Gasteiger partial charge < -0.3 is 9.61 Å². The van der Waals surface area contributed by atoms with Crippen molar-refractivity contribution < 1.29 is 4.52 Å². The normalized spacial score (nSPS) is 14.9. The summed E-state index contributed by atoms with van der Waals surface area (Å²) in [6, 6.07) is 0. The Labute approximate surface area is 99.0 Å². The van der Waals surface area contributed by atoms with Gasteiger partial charge in [-0.2, -0.15) is 0 Å². The second-order valence-corrected chi connectivity index (χ2v) is 9.38. The molecule has 0 saturated carbocycles. The first-order valence-corrected chi connectivity index (χ1v) is 9.16. The van der Waals surface area contributed by atoms with E-state index < -0.39 is 5.62 Å². The predicted octanol–water partition coefficient (Wildman–Crippen LogP) is 3.16. The van der Waals surface area contributed by atoms with Crippen molar-refractivity contribution in [2.24, 2.45) is 0 Å². The average molecular weight is 278 g/mol. The zero-order chi connectivity index (χ0) is 10.2. The van der Waals surface area contributed by atoms with Crippen LogP contribution in [0.5, 0.6) is 0 Å². The highest BCUT2D eigenvalue weighted by Crippen LogP contribution is 2.55. The van der Waals surface area contributed by atoms with Crippen molar-refractivity contribution in [3.05, 3.63) is 0 Å². The number of thiocarbonyl (C=S) groups is 1. The second kappa shape index (κ2) is 8.45. The van der Waals surface area contributed by atoms with E-state index in [0.29, 0.717) is 12.5 Å². The molecule has 0 bridgehead atoms. The quantitative estimate of drug-likeness (QED) is 0.317. The third-order valence-corrected chi connectivity index (χ3v) is 7.24. The van der Waals surface area contributed by atoms with E-state index in [2.05, 4.69) is 5.09 Å². The molecule has 0 aromatic carbocycles. The Kier molecular flexibility index (Phi) is 9.19. The summed E-state index contributed by atoms with van der Waals surface area (Å²) >= 11 is 17.2. The number of hydrogen-bond acceptors (Lipinski definition) is 4. The van der Waals surface area contributed by atoms with Gasteiger partial charge >= 0.3 is 0 Å². The zero-order valence-corrected chi connectivity index (χ0v) is 11.5. The lowest BCUT2D eigenvalue weighted by molar-refractivity contribution is 0.383. The predicted molar refractivity (Wildman–Crippen MR) is 70.5 cm³/mol. The van der Waals surface area contributed by atoms with Crippen LogP contribution in [0.25, 0.3) is 0 Å². The van der Waals surface area contributed by atoms with E-state index in [1.807, 2.05) is 6.92 Å². The Hall–Kier alpha value is 1.14. The summed E-state index contributed by atoms with van der Waals surface area (Å²) in [5, 5.41) is 2.93. The van der Waals surface area contributed by atoms with Crippen LogP contribution >= 0.6 is 40.8 Å². The number of hydrogen-bond donors (Lipinski definition) is 1. The minimum absolute atomic E-state index is 0.612. The van der Waals surface area contributed by atoms with Crippen molar-refractivity contribution in [1.82, 2.24) is 5.09 Å². The Morgan fingerprint density at radius 3 is 2.85 bits per heavy atom. The molecule has 2 nitrogen and oxygen atoms in total. The topological polar surface area (TPSA) is 21.3 Å². The van der Waals surface area contributed by atoms with E-state index in [1.54, 1.807) is 11.4 Å². The molecule has 0 aromatic heterocycles. The summed E-state index contributed by atoms with van der Waals surface area (Å²) < 4.78 is 5.45. The molecule has 78 valence electrons. The van der Waals surface area contributed by atoms with Gasteiger partial charge in [0.1, 0.15) is 0 Å². The number of rotatable bonds is 8. The summed E-state index contributed by atoms with van der Waals surface area (Å²) in [4.78, 5) is 0. The van der Waals surface area contributed by atoms with Gasteiger partial charge in [0.25, 0.3) is 0 Å². The lowest BCUT2D eigenvalue weighted by Crippen LogP contribution is -2.06. The molecule has 0 aliphatic heterocycles. The molecule has 1 N–H and O–H groups in total. The van der Waals surface area contributed by atoms with Crippen LogP contribution in [0.1, 0.15) is 13.3 Å². The van der Waals surface area contributed by atoms with Crippen LogP contribution in [-0.4, -0.2) is 23.7 Å². The molecule has 7 heteroatoms. The molecule has 0 aliphatic rings. The van der Waals surface area contributed by atoms with E-state index in [4.69, 9.17) is 40.1 Å². The van der Waals surface area contributed by atoms with Crippen molar-refractivity contribution in [3.63, 3.8) is 0 Å². The molecule has 0 saturated heterocycles. The molecule has 0 heterocycles. The molecule has 1 unspecified atom stereocenters. The van der Waals surface area contributed by atoms with Gasteiger partial charge in [0.05, 0.1) is 12.1 Å². The molecular formula is C6H13ClNOPS3. The number of nitrogens with one attached hydrogen (secondary N) is 1. The van der Waals surface area contributed by atoms with Gasteiger partial charge in [0.2, 0.25) is 5.62 Å². The van der Waals surface area contributed by atoms with E-state index in [9.17, 15) is 0 Å². The van der Waals surface area contributed by atoms with Crippen LogP contribution in [0.3, 0.4) is 0 Å². The smallest absolute Gasteiger partial charge is 0.210 e.